The summed E-state index contributed by atoms with van der Waals surface area (Å²) < 4.78 is 23.6. The highest BCUT2D eigenvalue weighted by Crippen LogP contribution is 2.56. The second-order valence-electron chi connectivity index (χ2n) is 8.44. The Morgan fingerprint density at radius 1 is 1.07 bits per heavy atom. The number of nitriles is 1. The molecule has 27 heavy (non-hydrogen) atoms. The number of phenols is 1. The van der Waals surface area contributed by atoms with Crippen molar-refractivity contribution in [1.82, 2.24) is 0 Å². The van der Waals surface area contributed by atoms with Crippen molar-refractivity contribution in [3.63, 3.8) is 0 Å². The second kappa shape index (κ2) is 8.61. The lowest BCUT2D eigenvalue weighted by atomic mass is 9.78. The highest BCUT2D eigenvalue weighted by molar-refractivity contribution is 7.59. The molecule has 1 rings (SSSR count). The third-order valence-electron chi connectivity index (χ3n) is 4.06. The Kier molecular flexibility index (Phi) is 7.47. The highest BCUT2D eigenvalue weighted by atomic mass is 31.2. The zero-order valence-electron chi connectivity index (χ0n) is 17.7. The van der Waals surface area contributed by atoms with Crippen LogP contribution in [0.2, 0.25) is 0 Å². The molecule has 0 aliphatic rings. The Morgan fingerprint density at radius 2 is 1.48 bits per heavy atom. The summed E-state index contributed by atoms with van der Waals surface area (Å²) in [5.74, 6) is 0.253. The first-order valence-corrected chi connectivity index (χ1v) is 10.7. The third-order valence-corrected chi connectivity index (χ3v) is 6.07. The van der Waals surface area contributed by atoms with E-state index in [1.165, 1.54) is 6.08 Å². The minimum Gasteiger partial charge on any atom is -0.507 e. The zero-order valence-corrected chi connectivity index (χ0v) is 18.6. The summed E-state index contributed by atoms with van der Waals surface area (Å²) in [7, 11) is -3.68. The average Bonchev–Trinajstić information content (AvgIpc) is 2.51. The standard InChI is InChI=1S/C21H32NO4P/c1-9-25-27(24,26-10-2)16(14-22)11-15-12-17(20(3,4)5)19(23)18(13-15)21(6,7)8/h11-13,23H,9-10H2,1-8H3. The molecule has 6 heteroatoms. The van der Waals surface area contributed by atoms with Crippen LogP contribution in [-0.2, 0) is 24.4 Å². The lowest BCUT2D eigenvalue weighted by molar-refractivity contribution is 0.227. The number of rotatable bonds is 6. The zero-order chi connectivity index (χ0) is 21.0. The van der Waals surface area contributed by atoms with Gasteiger partial charge in [-0.3, -0.25) is 4.57 Å². The van der Waals surface area contributed by atoms with E-state index in [4.69, 9.17) is 9.05 Å². The van der Waals surface area contributed by atoms with Crippen LogP contribution in [0.15, 0.2) is 17.4 Å². The summed E-state index contributed by atoms with van der Waals surface area (Å²) in [4.78, 5) is 0. The Balaban J connectivity index is 3.72. The number of aromatic hydroxyl groups is 1. The van der Waals surface area contributed by atoms with Gasteiger partial charge in [-0.2, -0.15) is 5.26 Å². The van der Waals surface area contributed by atoms with Crippen LogP contribution < -0.4 is 0 Å². The first kappa shape index (κ1) is 23.4. The lowest BCUT2D eigenvalue weighted by Crippen LogP contribution is -2.17. The maximum absolute atomic E-state index is 13.0. The average molecular weight is 393 g/mol. The van der Waals surface area contributed by atoms with Gasteiger partial charge >= 0.3 is 7.60 Å². The van der Waals surface area contributed by atoms with Crippen LogP contribution in [0.4, 0.5) is 0 Å². The van der Waals surface area contributed by atoms with Crippen molar-refractivity contribution in [1.29, 1.82) is 5.26 Å². The Morgan fingerprint density at radius 3 is 1.78 bits per heavy atom. The van der Waals surface area contributed by atoms with Crippen molar-refractivity contribution in [2.24, 2.45) is 0 Å². The van der Waals surface area contributed by atoms with Gasteiger partial charge in [-0.15, -0.1) is 0 Å². The molecule has 1 N–H and O–H groups in total. The van der Waals surface area contributed by atoms with Crippen molar-refractivity contribution in [2.45, 2.75) is 66.2 Å². The van der Waals surface area contributed by atoms with E-state index in [1.807, 2.05) is 59.7 Å². The van der Waals surface area contributed by atoms with Crippen molar-refractivity contribution in [3.05, 3.63) is 34.1 Å². The van der Waals surface area contributed by atoms with Crippen molar-refractivity contribution >= 4 is 13.7 Å². The van der Waals surface area contributed by atoms with Gasteiger partial charge in [0, 0.05) is 11.1 Å². The summed E-state index contributed by atoms with van der Waals surface area (Å²) in [5.41, 5.74) is 1.61. The van der Waals surface area contributed by atoms with Crippen LogP contribution in [-0.4, -0.2) is 18.3 Å². The summed E-state index contributed by atoms with van der Waals surface area (Å²) in [6.07, 6.45) is 1.54. The van der Waals surface area contributed by atoms with E-state index < -0.39 is 7.60 Å². The van der Waals surface area contributed by atoms with Gasteiger partial charge in [-0.05, 0) is 48.4 Å². The van der Waals surface area contributed by atoms with Crippen LogP contribution in [0.1, 0.15) is 72.1 Å². The van der Waals surface area contributed by atoms with E-state index in [9.17, 15) is 14.9 Å². The molecule has 1 aromatic rings. The number of phenolic OH excluding ortho intramolecular Hbond substituents is 1. The van der Waals surface area contributed by atoms with Gasteiger partial charge in [-0.1, -0.05) is 41.5 Å². The van der Waals surface area contributed by atoms with E-state index in [1.54, 1.807) is 13.8 Å². The fourth-order valence-corrected chi connectivity index (χ4v) is 4.19. The SMILES string of the molecule is CCOP(=O)(OCC)C(C#N)=Cc1cc(C(C)(C)C)c(O)c(C(C)(C)C)c1. The fourth-order valence-electron chi connectivity index (χ4n) is 2.73. The molecule has 0 saturated heterocycles. The van der Waals surface area contributed by atoms with Crippen LogP contribution in [0.5, 0.6) is 5.75 Å². The molecule has 0 unspecified atom stereocenters. The first-order valence-electron chi connectivity index (χ1n) is 9.19. The van der Waals surface area contributed by atoms with Crippen LogP contribution in [0.25, 0.3) is 6.08 Å². The van der Waals surface area contributed by atoms with E-state index in [2.05, 4.69) is 0 Å². The van der Waals surface area contributed by atoms with Crippen molar-refractivity contribution in [2.75, 3.05) is 13.2 Å². The molecule has 150 valence electrons. The predicted molar refractivity (Wildman–Crippen MR) is 110 cm³/mol. The lowest BCUT2D eigenvalue weighted by Gasteiger charge is -2.28. The molecular formula is C21H32NO4P. The normalized spacial score (nSPS) is 13.5. The Bertz CT molecular complexity index is 747. The number of nitrogens with zero attached hydrogens (tertiary/aromatic N) is 1. The molecule has 0 amide bonds. The van der Waals surface area contributed by atoms with Gasteiger partial charge in [-0.25, -0.2) is 0 Å². The van der Waals surface area contributed by atoms with Crippen LogP contribution >= 0.6 is 7.60 Å². The van der Waals surface area contributed by atoms with Crippen LogP contribution in [0, 0.1) is 11.3 Å². The Labute approximate surface area is 163 Å². The topological polar surface area (TPSA) is 79.5 Å². The number of hydrogen-bond donors (Lipinski definition) is 1. The molecule has 0 bridgehead atoms. The smallest absolute Gasteiger partial charge is 0.371 e. The molecule has 0 fully saturated rings. The van der Waals surface area contributed by atoms with Gasteiger partial charge in [0.1, 0.15) is 17.1 Å². The maximum atomic E-state index is 13.0. The van der Waals surface area contributed by atoms with Crippen molar-refractivity contribution in [3.8, 4) is 11.8 Å². The predicted octanol–water partition coefficient (Wildman–Crippen LogP) is 6.12. The van der Waals surface area contributed by atoms with E-state index in [0.717, 1.165) is 11.1 Å². The fraction of sp³-hybridized carbons (Fsp3) is 0.571. The molecule has 0 atom stereocenters. The monoisotopic (exact) mass is 393 g/mol. The number of benzene rings is 1. The summed E-state index contributed by atoms with van der Waals surface area (Å²) in [6, 6.07) is 5.62. The molecule has 0 aliphatic heterocycles. The molecule has 0 aromatic heterocycles. The van der Waals surface area contributed by atoms with Gasteiger partial charge < -0.3 is 14.2 Å². The second-order valence-corrected chi connectivity index (χ2v) is 10.4. The van der Waals surface area contributed by atoms with E-state index in [-0.39, 0.29) is 35.1 Å². The molecule has 1 aromatic carbocycles. The summed E-state index contributed by atoms with van der Waals surface area (Å²) in [6.45, 7) is 15.8. The highest BCUT2D eigenvalue weighted by Gasteiger charge is 2.31. The minimum atomic E-state index is -3.68. The molecule has 0 radical (unpaired) electrons. The third kappa shape index (κ3) is 5.69. The van der Waals surface area contributed by atoms with Gasteiger partial charge in [0.25, 0.3) is 0 Å². The van der Waals surface area contributed by atoms with Gasteiger partial charge in [0.2, 0.25) is 0 Å². The largest absolute Gasteiger partial charge is 0.507 e. The van der Waals surface area contributed by atoms with Crippen LogP contribution in [0.3, 0.4) is 0 Å². The minimum absolute atomic E-state index is 0.0448. The summed E-state index contributed by atoms with van der Waals surface area (Å²) in [5, 5.41) is 20.4. The number of hydrogen-bond acceptors (Lipinski definition) is 5. The molecule has 5 nitrogen and oxygen atoms in total. The quantitative estimate of drug-likeness (QED) is 0.465. The molecule has 0 saturated carbocycles. The van der Waals surface area contributed by atoms with Gasteiger partial charge in [0.05, 0.1) is 13.2 Å². The van der Waals surface area contributed by atoms with E-state index >= 15 is 0 Å². The molecule has 0 heterocycles. The summed E-state index contributed by atoms with van der Waals surface area (Å²) >= 11 is 0. The molecular weight excluding hydrogens is 361 g/mol. The van der Waals surface area contributed by atoms with Crippen molar-refractivity contribution < 1.29 is 18.7 Å². The number of allylic oxidation sites excluding steroid dienone is 1. The molecule has 0 aliphatic carbocycles. The first-order chi connectivity index (χ1) is 12.3. The molecule has 0 spiro atoms. The van der Waals surface area contributed by atoms with Gasteiger partial charge in [0.15, 0.2) is 0 Å². The Hall–Kier alpha value is -1.60. The maximum Gasteiger partial charge on any atom is 0.371 e. The van der Waals surface area contributed by atoms with E-state index in [0.29, 0.717) is 5.56 Å².